The SMILES string of the molecule is O=[N+]([O-])c1ccc(N2CCN(CCC(F)(F)F)CC2)nc1. The number of alkyl halides is 3. The molecule has 0 saturated carbocycles. The van der Waals surface area contributed by atoms with Crippen molar-refractivity contribution in [3.8, 4) is 0 Å². The van der Waals surface area contributed by atoms with Gasteiger partial charge >= 0.3 is 6.18 Å². The molecule has 1 aliphatic rings. The van der Waals surface area contributed by atoms with Crippen LogP contribution in [-0.4, -0.2) is 53.7 Å². The highest BCUT2D eigenvalue weighted by Crippen LogP contribution is 2.21. The summed E-state index contributed by atoms with van der Waals surface area (Å²) in [6, 6.07) is 2.93. The summed E-state index contributed by atoms with van der Waals surface area (Å²) in [5, 5.41) is 10.5. The Kier molecular flexibility index (Phi) is 4.61. The number of nitro groups is 1. The van der Waals surface area contributed by atoms with Gasteiger partial charge in [0.05, 0.1) is 11.3 Å². The topological polar surface area (TPSA) is 62.5 Å². The summed E-state index contributed by atoms with van der Waals surface area (Å²) in [7, 11) is 0. The number of pyridine rings is 1. The van der Waals surface area contributed by atoms with Crippen molar-refractivity contribution in [1.82, 2.24) is 9.88 Å². The minimum Gasteiger partial charge on any atom is -0.354 e. The number of anilines is 1. The lowest BCUT2D eigenvalue weighted by atomic mass is 10.2. The minimum atomic E-state index is -4.13. The van der Waals surface area contributed by atoms with E-state index < -0.39 is 17.5 Å². The molecule has 0 bridgehead atoms. The van der Waals surface area contributed by atoms with E-state index in [0.717, 1.165) is 0 Å². The van der Waals surface area contributed by atoms with Gasteiger partial charge in [0.2, 0.25) is 0 Å². The highest BCUT2D eigenvalue weighted by molar-refractivity contribution is 5.43. The lowest BCUT2D eigenvalue weighted by molar-refractivity contribution is -0.385. The first-order valence-corrected chi connectivity index (χ1v) is 6.50. The van der Waals surface area contributed by atoms with Crippen molar-refractivity contribution in [2.24, 2.45) is 0 Å². The Morgan fingerprint density at radius 2 is 1.90 bits per heavy atom. The van der Waals surface area contributed by atoms with Crippen LogP contribution in [0.15, 0.2) is 18.3 Å². The van der Waals surface area contributed by atoms with Crippen molar-refractivity contribution in [2.75, 3.05) is 37.6 Å². The van der Waals surface area contributed by atoms with Gasteiger partial charge in [0.1, 0.15) is 12.0 Å². The maximum absolute atomic E-state index is 12.2. The summed E-state index contributed by atoms with van der Waals surface area (Å²) in [6.07, 6.45) is -3.74. The smallest absolute Gasteiger partial charge is 0.354 e. The van der Waals surface area contributed by atoms with E-state index in [1.165, 1.54) is 12.3 Å². The first-order valence-electron chi connectivity index (χ1n) is 6.50. The molecule has 21 heavy (non-hydrogen) atoms. The maximum atomic E-state index is 12.2. The van der Waals surface area contributed by atoms with Crippen molar-refractivity contribution in [3.05, 3.63) is 28.4 Å². The van der Waals surface area contributed by atoms with Crippen LogP contribution in [0.25, 0.3) is 0 Å². The van der Waals surface area contributed by atoms with Crippen LogP contribution >= 0.6 is 0 Å². The molecule has 1 aliphatic heterocycles. The molecular formula is C12H15F3N4O2. The molecule has 116 valence electrons. The number of hydrogen-bond donors (Lipinski definition) is 0. The Morgan fingerprint density at radius 3 is 2.38 bits per heavy atom. The molecule has 2 heterocycles. The molecule has 1 saturated heterocycles. The van der Waals surface area contributed by atoms with Crippen LogP contribution < -0.4 is 4.90 Å². The van der Waals surface area contributed by atoms with E-state index >= 15 is 0 Å². The molecule has 0 aliphatic carbocycles. The Balaban J connectivity index is 1.84. The first-order chi connectivity index (χ1) is 9.85. The molecular weight excluding hydrogens is 289 g/mol. The van der Waals surface area contributed by atoms with Crippen molar-refractivity contribution in [2.45, 2.75) is 12.6 Å². The third-order valence-electron chi connectivity index (χ3n) is 3.35. The fourth-order valence-electron chi connectivity index (χ4n) is 2.16. The van der Waals surface area contributed by atoms with Gasteiger partial charge in [-0.2, -0.15) is 13.2 Å². The Hall–Kier alpha value is -1.90. The van der Waals surface area contributed by atoms with E-state index in [1.54, 1.807) is 11.0 Å². The second kappa shape index (κ2) is 6.25. The van der Waals surface area contributed by atoms with Crippen LogP contribution in [0.1, 0.15) is 6.42 Å². The third kappa shape index (κ3) is 4.55. The van der Waals surface area contributed by atoms with E-state index in [0.29, 0.717) is 32.0 Å². The van der Waals surface area contributed by atoms with Crippen LogP contribution in [0.3, 0.4) is 0 Å². The van der Waals surface area contributed by atoms with Gasteiger partial charge < -0.3 is 4.90 Å². The lowest BCUT2D eigenvalue weighted by Crippen LogP contribution is -2.47. The average molecular weight is 304 g/mol. The zero-order valence-electron chi connectivity index (χ0n) is 11.2. The van der Waals surface area contributed by atoms with Gasteiger partial charge in [-0.15, -0.1) is 0 Å². The summed E-state index contributed by atoms with van der Waals surface area (Å²) < 4.78 is 36.5. The molecule has 1 fully saturated rings. The highest BCUT2D eigenvalue weighted by Gasteiger charge is 2.28. The summed E-state index contributed by atoms with van der Waals surface area (Å²) in [4.78, 5) is 17.7. The monoisotopic (exact) mass is 304 g/mol. The summed E-state index contributed by atoms with van der Waals surface area (Å²) in [5.74, 6) is 0.607. The van der Waals surface area contributed by atoms with Crippen LogP contribution in [0.5, 0.6) is 0 Å². The van der Waals surface area contributed by atoms with Crippen molar-refractivity contribution in [3.63, 3.8) is 0 Å². The lowest BCUT2D eigenvalue weighted by Gasteiger charge is -2.35. The normalized spacial score (nSPS) is 17.0. The van der Waals surface area contributed by atoms with Gasteiger partial charge in [0.25, 0.3) is 5.69 Å². The standard InChI is InChI=1S/C12H15F3N4O2/c13-12(14,15)3-4-17-5-7-18(8-6-17)11-2-1-10(9-16-11)19(20)21/h1-2,9H,3-8H2. The van der Waals surface area contributed by atoms with E-state index in [2.05, 4.69) is 4.98 Å². The van der Waals surface area contributed by atoms with E-state index in [1.807, 2.05) is 4.90 Å². The number of hydrogen-bond acceptors (Lipinski definition) is 5. The average Bonchev–Trinajstić information content (AvgIpc) is 2.45. The second-order valence-electron chi connectivity index (χ2n) is 4.83. The molecule has 1 aromatic heterocycles. The van der Waals surface area contributed by atoms with Crippen molar-refractivity contribution in [1.29, 1.82) is 0 Å². The number of piperazine rings is 1. The van der Waals surface area contributed by atoms with Crippen molar-refractivity contribution < 1.29 is 18.1 Å². The number of nitrogens with zero attached hydrogens (tertiary/aromatic N) is 4. The Morgan fingerprint density at radius 1 is 1.24 bits per heavy atom. The molecule has 9 heteroatoms. The van der Waals surface area contributed by atoms with Gasteiger partial charge in [-0.1, -0.05) is 0 Å². The van der Waals surface area contributed by atoms with Gasteiger partial charge in [-0.05, 0) is 6.07 Å². The maximum Gasteiger partial charge on any atom is 0.390 e. The van der Waals surface area contributed by atoms with E-state index in [4.69, 9.17) is 0 Å². The molecule has 6 nitrogen and oxygen atoms in total. The predicted molar refractivity (Wildman–Crippen MR) is 70.2 cm³/mol. The number of rotatable bonds is 4. The van der Waals surface area contributed by atoms with E-state index in [9.17, 15) is 23.3 Å². The number of aromatic nitrogens is 1. The zero-order valence-corrected chi connectivity index (χ0v) is 11.2. The quantitative estimate of drug-likeness (QED) is 0.629. The van der Waals surface area contributed by atoms with Crippen LogP contribution in [-0.2, 0) is 0 Å². The molecule has 1 aromatic rings. The van der Waals surface area contributed by atoms with Crippen molar-refractivity contribution >= 4 is 11.5 Å². The van der Waals surface area contributed by atoms with Crippen LogP contribution in [0.4, 0.5) is 24.7 Å². The molecule has 0 radical (unpaired) electrons. The van der Waals surface area contributed by atoms with E-state index in [-0.39, 0.29) is 12.2 Å². The second-order valence-corrected chi connectivity index (χ2v) is 4.83. The molecule has 0 N–H and O–H groups in total. The highest BCUT2D eigenvalue weighted by atomic mass is 19.4. The van der Waals surface area contributed by atoms with Crippen LogP contribution in [0.2, 0.25) is 0 Å². The van der Waals surface area contributed by atoms with Gasteiger partial charge in [-0.3, -0.25) is 15.0 Å². The van der Waals surface area contributed by atoms with Gasteiger partial charge in [0.15, 0.2) is 0 Å². The zero-order chi connectivity index (χ0) is 15.5. The largest absolute Gasteiger partial charge is 0.390 e. The molecule has 0 atom stereocenters. The summed E-state index contributed by atoms with van der Waals surface area (Å²) in [6.45, 7) is 2.17. The fourth-order valence-corrected chi connectivity index (χ4v) is 2.16. The molecule has 0 aromatic carbocycles. The number of halogens is 3. The molecule has 2 rings (SSSR count). The molecule has 0 spiro atoms. The first kappa shape index (κ1) is 15.5. The van der Waals surface area contributed by atoms with Crippen LogP contribution in [0, 0.1) is 10.1 Å². The molecule has 0 amide bonds. The fraction of sp³-hybridized carbons (Fsp3) is 0.583. The van der Waals surface area contributed by atoms with Gasteiger partial charge in [-0.25, -0.2) is 4.98 Å². The Bertz CT molecular complexity index is 484. The summed E-state index contributed by atoms with van der Waals surface area (Å²) >= 11 is 0. The molecule has 0 unspecified atom stereocenters. The summed E-state index contributed by atoms with van der Waals surface area (Å²) in [5.41, 5.74) is -0.0810. The minimum absolute atomic E-state index is 0.00499. The Labute approximate surface area is 119 Å². The third-order valence-corrected chi connectivity index (χ3v) is 3.35. The predicted octanol–water partition coefficient (Wildman–Crippen LogP) is 2.06. The van der Waals surface area contributed by atoms with Gasteiger partial charge in [0, 0.05) is 38.8 Å².